The summed E-state index contributed by atoms with van der Waals surface area (Å²) in [5.41, 5.74) is 2.81. The maximum Gasteiger partial charge on any atom is 0.410 e. The van der Waals surface area contributed by atoms with Gasteiger partial charge in [0.1, 0.15) is 25.0 Å². The molecule has 0 saturated carbocycles. The number of amides is 1. The summed E-state index contributed by atoms with van der Waals surface area (Å²) in [6.07, 6.45) is 2.78. The van der Waals surface area contributed by atoms with E-state index in [1.165, 1.54) is 28.9 Å². The highest BCUT2D eigenvalue weighted by atomic mass is 16.6. The Balaban J connectivity index is 1.38. The number of carbonyl (C=O) groups excluding carboxylic acids is 1. The van der Waals surface area contributed by atoms with Crippen molar-refractivity contribution >= 4 is 6.09 Å². The number of aryl methyl sites for hydroxylation is 2. The first-order valence-electron chi connectivity index (χ1n) is 9.33. The molecule has 0 aromatic heterocycles. The van der Waals surface area contributed by atoms with Crippen molar-refractivity contribution < 1.29 is 24.3 Å². The molecule has 2 N–H and O–H groups in total. The Bertz CT molecular complexity index is 585. The Kier molecular flexibility index (Phi) is 6.15. The third-order valence-electron chi connectivity index (χ3n) is 5.03. The molecule has 3 rings (SSSR count). The minimum Gasteiger partial charge on any atom is -0.491 e. The molecule has 1 amide bonds. The average Bonchev–Trinajstić information content (AvgIpc) is 3.08. The number of rotatable bonds is 6. The third-order valence-corrected chi connectivity index (χ3v) is 5.03. The van der Waals surface area contributed by atoms with Gasteiger partial charge in [-0.25, -0.2) is 4.79 Å². The molecule has 1 atom stereocenters. The fraction of sp³-hybridized carbons (Fsp3) is 0.632. The molecule has 2 aliphatic rings. The molecule has 138 valence electrons. The molecule has 0 unspecified atom stereocenters. The maximum absolute atomic E-state index is 11.7. The first kappa shape index (κ1) is 18.0. The largest absolute Gasteiger partial charge is 0.491 e. The number of quaternary nitrogens is 1. The molecule has 1 heterocycles. The molecule has 1 fully saturated rings. The van der Waals surface area contributed by atoms with E-state index in [1.54, 1.807) is 4.90 Å². The van der Waals surface area contributed by atoms with E-state index in [0.717, 1.165) is 25.3 Å². The molecule has 6 nitrogen and oxygen atoms in total. The number of benzene rings is 1. The molecule has 25 heavy (non-hydrogen) atoms. The summed E-state index contributed by atoms with van der Waals surface area (Å²) in [6, 6.07) is 6.26. The molecule has 1 aliphatic carbocycles. The number of piperazine rings is 1. The Labute approximate surface area is 149 Å². The monoisotopic (exact) mass is 349 g/mol. The zero-order valence-electron chi connectivity index (χ0n) is 15.0. The van der Waals surface area contributed by atoms with E-state index in [2.05, 4.69) is 12.1 Å². The number of ether oxygens (including phenoxy) is 2. The van der Waals surface area contributed by atoms with Crippen molar-refractivity contribution in [2.75, 3.05) is 45.9 Å². The second-order valence-electron chi connectivity index (χ2n) is 6.89. The van der Waals surface area contributed by atoms with Crippen LogP contribution in [0.3, 0.4) is 0 Å². The number of fused-ring (bicyclic) bond motifs is 1. The summed E-state index contributed by atoms with van der Waals surface area (Å²) in [5, 5.41) is 10.3. The van der Waals surface area contributed by atoms with E-state index in [4.69, 9.17) is 9.47 Å². The average molecular weight is 349 g/mol. The second kappa shape index (κ2) is 8.54. The van der Waals surface area contributed by atoms with Gasteiger partial charge in [-0.15, -0.1) is 0 Å². The van der Waals surface area contributed by atoms with Gasteiger partial charge >= 0.3 is 6.09 Å². The zero-order valence-corrected chi connectivity index (χ0v) is 15.0. The van der Waals surface area contributed by atoms with Gasteiger partial charge in [-0.05, 0) is 49.4 Å². The van der Waals surface area contributed by atoms with E-state index in [1.807, 2.05) is 13.0 Å². The number of hydrogen-bond donors (Lipinski definition) is 2. The first-order valence-corrected chi connectivity index (χ1v) is 9.33. The fourth-order valence-corrected chi connectivity index (χ4v) is 3.65. The lowest BCUT2D eigenvalue weighted by atomic mass is 10.1. The lowest BCUT2D eigenvalue weighted by molar-refractivity contribution is -0.907. The Morgan fingerprint density at radius 3 is 2.80 bits per heavy atom. The SMILES string of the molecule is CCOC(=O)N1CC[NH+](C[C@@H](O)COc2ccc3c(c2)CCC3)CC1. The minimum atomic E-state index is -0.502. The number of nitrogens with one attached hydrogen (secondary N) is 1. The predicted octanol–water partition coefficient (Wildman–Crippen LogP) is 0.272. The van der Waals surface area contributed by atoms with Crippen LogP contribution in [0.5, 0.6) is 5.75 Å². The predicted molar refractivity (Wildman–Crippen MR) is 94.1 cm³/mol. The maximum atomic E-state index is 11.7. The van der Waals surface area contributed by atoms with Gasteiger partial charge in [0.2, 0.25) is 0 Å². The molecule has 1 saturated heterocycles. The van der Waals surface area contributed by atoms with Gasteiger partial charge in [-0.2, -0.15) is 0 Å². The van der Waals surface area contributed by atoms with E-state index < -0.39 is 6.10 Å². The van der Waals surface area contributed by atoms with Gasteiger partial charge in [0.15, 0.2) is 0 Å². The Morgan fingerprint density at radius 2 is 2.04 bits per heavy atom. The van der Waals surface area contributed by atoms with E-state index >= 15 is 0 Å². The summed E-state index contributed by atoms with van der Waals surface area (Å²) in [5.74, 6) is 0.849. The molecule has 0 bridgehead atoms. The zero-order chi connectivity index (χ0) is 17.6. The standard InChI is InChI=1S/C19H28N2O4/c1-2-24-19(23)21-10-8-20(9-11-21)13-17(22)14-25-18-7-6-15-4-3-5-16(15)12-18/h6-7,12,17,22H,2-5,8-11,13-14H2,1H3/p+1/t17-/m1/s1. The smallest absolute Gasteiger partial charge is 0.410 e. The van der Waals surface area contributed by atoms with E-state index in [0.29, 0.717) is 32.8 Å². The first-order chi connectivity index (χ1) is 12.2. The topological polar surface area (TPSA) is 63.4 Å². The van der Waals surface area contributed by atoms with E-state index in [9.17, 15) is 9.90 Å². The van der Waals surface area contributed by atoms with Crippen molar-refractivity contribution in [1.82, 2.24) is 4.90 Å². The van der Waals surface area contributed by atoms with Gasteiger partial charge < -0.3 is 19.5 Å². The van der Waals surface area contributed by atoms with Crippen LogP contribution in [0.2, 0.25) is 0 Å². The molecule has 1 aromatic rings. The summed E-state index contributed by atoms with van der Waals surface area (Å²) in [4.78, 5) is 14.7. The molecule has 1 aromatic carbocycles. The molecular weight excluding hydrogens is 320 g/mol. The van der Waals surface area contributed by atoms with Gasteiger partial charge in [0.05, 0.1) is 32.8 Å². The molecule has 6 heteroatoms. The van der Waals surface area contributed by atoms with Gasteiger partial charge in [-0.3, -0.25) is 4.90 Å². The van der Waals surface area contributed by atoms with Gasteiger partial charge in [-0.1, -0.05) is 6.07 Å². The molecule has 0 radical (unpaired) electrons. The van der Waals surface area contributed by atoms with Crippen LogP contribution < -0.4 is 9.64 Å². The minimum absolute atomic E-state index is 0.234. The van der Waals surface area contributed by atoms with Crippen LogP contribution in [0.4, 0.5) is 4.79 Å². The highest BCUT2D eigenvalue weighted by Gasteiger charge is 2.26. The van der Waals surface area contributed by atoms with Crippen LogP contribution in [0, 0.1) is 0 Å². The number of aliphatic hydroxyl groups is 1. The second-order valence-corrected chi connectivity index (χ2v) is 6.89. The summed E-state index contributed by atoms with van der Waals surface area (Å²) in [6.45, 7) is 6.18. The van der Waals surface area contributed by atoms with Crippen molar-refractivity contribution in [1.29, 1.82) is 0 Å². The molecular formula is C19H29N2O4+. The molecule has 0 spiro atoms. The third kappa shape index (κ3) is 4.86. The van der Waals surface area contributed by atoms with Crippen molar-refractivity contribution in [3.8, 4) is 5.75 Å². The summed E-state index contributed by atoms with van der Waals surface area (Å²) < 4.78 is 10.8. The normalized spacial score (nSPS) is 18.7. The fourth-order valence-electron chi connectivity index (χ4n) is 3.65. The lowest BCUT2D eigenvalue weighted by Crippen LogP contribution is -3.16. The Morgan fingerprint density at radius 1 is 1.28 bits per heavy atom. The van der Waals surface area contributed by atoms with Crippen molar-refractivity contribution in [2.24, 2.45) is 0 Å². The summed E-state index contributed by atoms with van der Waals surface area (Å²) >= 11 is 0. The van der Waals surface area contributed by atoms with Crippen LogP contribution in [0.25, 0.3) is 0 Å². The van der Waals surface area contributed by atoms with Gasteiger partial charge in [0.25, 0.3) is 0 Å². The number of carbonyl (C=O) groups is 1. The van der Waals surface area contributed by atoms with Crippen LogP contribution in [0.15, 0.2) is 18.2 Å². The number of aliphatic hydroxyl groups excluding tert-OH is 1. The lowest BCUT2D eigenvalue weighted by Gasteiger charge is -2.32. The summed E-state index contributed by atoms with van der Waals surface area (Å²) in [7, 11) is 0. The molecule has 1 aliphatic heterocycles. The number of nitrogens with zero attached hydrogens (tertiary/aromatic N) is 1. The highest BCUT2D eigenvalue weighted by molar-refractivity contribution is 5.67. The van der Waals surface area contributed by atoms with Crippen LogP contribution in [-0.4, -0.2) is 68.1 Å². The van der Waals surface area contributed by atoms with E-state index in [-0.39, 0.29) is 6.09 Å². The van der Waals surface area contributed by atoms with Crippen LogP contribution >= 0.6 is 0 Å². The van der Waals surface area contributed by atoms with Crippen LogP contribution in [-0.2, 0) is 17.6 Å². The van der Waals surface area contributed by atoms with Crippen LogP contribution in [0.1, 0.15) is 24.5 Å². The quantitative estimate of drug-likeness (QED) is 0.774. The Hall–Kier alpha value is -1.79. The van der Waals surface area contributed by atoms with Crippen molar-refractivity contribution in [3.05, 3.63) is 29.3 Å². The van der Waals surface area contributed by atoms with Gasteiger partial charge in [0, 0.05) is 0 Å². The highest BCUT2D eigenvalue weighted by Crippen LogP contribution is 2.25. The van der Waals surface area contributed by atoms with Crippen molar-refractivity contribution in [3.63, 3.8) is 0 Å². The van der Waals surface area contributed by atoms with Crippen molar-refractivity contribution in [2.45, 2.75) is 32.3 Å². The number of hydrogen-bond acceptors (Lipinski definition) is 4.